The van der Waals surface area contributed by atoms with Gasteiger partial charge in [0.25, 0.3) is 0 Å². The number of ether oxygens (including phenoxy) is 1. The first-order valence-electron chi connectivity index (χ1n) is 7.53. The van der Waals surface area contributed by atoms with Crippen molar-refractivity contribution in [3.05, 3.63) is 28.3 Å². The molecule has 0 heterocycles. The van der Waals surface area contributed by atoms with E-state index >= 15 is 0 Å². The van der Waals surface area contributed by atoms with Crippen LogP contribution in [0.3, 0.4) is 0 Å². The number of rotatable bonds is 7. The summed E-state index contributed by atoms with van der Waals surface area (Å²) < 4.78 is 5.56. The van der Waals surface area contributed by atoms with Gasteiger partial charge in [0, 0.05) is 6.54 Å². The van der Waals surface area contributed by atoms with Crippen molar-refractivity contribution in [2.75, 3.05) is 11.9 Å². The second-order valence-corrected chi connectivity index (χ2v) is 6.45. The predicted octanol–water partition coefficient (Wildman–Crippen LogP) is 4.23. The second-order valence-electron chi connectivity index (χ2n) is 6.45. The molecule has 2 rings (SSSR count). The van der Waals surface area contributed by atoms with E-state index in [1.807, 2.05) is 13.8 Å². The molecule has 1 fully saturated rings. The van der Waals surface area contributed by atoms with Crippen molar-refractivity contribution in [2.45, 2.75) is 46.6 Å². The molecule has 0 spiro atoms. The number of nitrogens with one attached hydrogen (secondary N) is 1. The monoisotopic (exact) mass is 292 g/mol. The van der Waals surface area contributed by atoms with E-state index in [9.17, 15) is 10.1 Å². The molecule has 0 radical (unpaired) electrons. The summed E-state index contributed by atoms with van der Waals surface area (Å²) in [6, 6.07) is 5.20. The summed E-state index contributed by atoms with van der Waals surface area (Å²) in [5.74, 6) is 0.911. The third-order valence-electron chi connectivity index (χ3n) is 4.29. The second kappa shape index (κ2) is 5.92. The van der Waals surface area contributed by atoms with Crippen LogP contribution in [0.5, 0.6) is 5.75 Å². The van der Waals surface area contributed by atoms with Gasteiger partial charge in [0.15, 0.2) is 5.75 Å². The van der Waals surface area contributed by atoms with Gasteiger partial charge in [0.05, 0.1) is 11.0 Å². The van der Waals surface area contributed by atoms with Gasteiger partial charge in [-0.15, -0.1) is 0 Å². The molecule has 0 aliphatic heterocycles. The van der Waals surface area contributed by atoms with Crippen molar-refractivity contribution in [1.82, 2.24) is 0 Å². The molecule has 1 aliphatic rings. The summed E-state index contributed by atoms with van der Waals surface area (Å²) in [6.07, 6.45) is 2.28. The molecule has 0 saturated heterocycles. The molecule has 116 valence electrons. The highest BCUT2D eigenvalue weighted by Crippen LogP contribution is 2.52. The van der Waals surface area contributed by atoms with Crippen LogP contribution in [-0.2, 0) is 0 Å². The van der Waals surface area contributed by atoms with E-state index in [0.717, 1.165) is 6.54 Å². The number of anilines is 1. The predicted molar refractivity (Wildman–Crippen MR) is 83.9 cm³/mol. The van der Waals surface area contributed by atoms with E-state index in [1.54, 1.807) is 18.2 Å². The highest BCUT2D eigenvalue weighted by molar-refractivity contribution is 5.68. The molecule has 1 aliphatic carbocycles. The smallest absolute Gasteiger partial charge is 0.333 e. The lowest BCUT2D eigenvalue weighted by molar-refractivity contribution is -0.385. The molecule has 0 bridgehead atoms. The maximum absolute atomic E-state index is 11.4. The minimum absolute atomic E-state index is 0.0331. The molecule has 1 saturated carbocycles. The molecule has 1 N–H and O–H groups in total. The van der Waals surface area contributed by atoms with Gasteiger partial charge in [0.1, 0.15) is 5.69 Å². The highest BCUT2D eigenvalue weighted by Gasteiger charge is 2.45. The average Bonchev–Trinajstić information content (AvgIpc) is 3.16. The number of nitrogens with zero attached hydrogens (tertiary/aromatic N) is 1. The van der Waals surface area contributed by atoms with Crippen molar-refractivity contribution < 1.29 is 9.66 Å². The van der Waals surface area contributed by atoms with Crippen LogP contribution in [0.2, 0.25) is 0 Å². The Bertz CT molecular complexity index is 522. The zero-order valence-corrected chi connectivity index (χ0v) is 13.2. The fraction of sp³-hybridized carbons (Fsp3) is 0.625. The Morgan fingerprint density at radius 1 is 1.33 bits per heavy atom. The Hall–Kier alpha value is -1.78. The minimum Gasteiger partial charge on any atom is -0.484 e. The number of para-hydroxylation sites is 1. The van der Waals surface area contributed by atoms with Gasteiger partial charge in [-0.05, 0) is 50.2 Å². The SMILES string of the molecule is CC(C)Oc1cccc(NCC2(C(C)C)CC2)c1[N+](=O)[O-]. The molecule has 5 nitrogen and oxygen atoms in total. The summed E-state index contributed by atoms with van der Waals surface area (Å²) in [5.41, 5.74) is 0.874. The summed E-state index contributed by atoms with van der Waals surface area (Å²) in [5, 5.41) is 14.7. The van der Waals surface area contributed by atoms with Crippen LogP contribution < -0.4 is 10.1 Å². The molecule has 0 unspecified atom stereocenters. The van der Waals surface area contributed by atoms with Gasteiger partial charge in [0.2, 0.25) is 0 Å². The lowest BCUT2D eigenvalue weighted by atomic mass is 9.92. The normalized spacial score (nSPS) is 16.1. The molecule has 5 heteroatoms. The fourth-order valence-electron chi connectivity index (χ4n) is 2.59. The minimum atomic E-state index is -0.366. The van der Waals surface area contributed by atoms with Crippen LogP contribution in [0, 0.1) is 21.4 Å². The Labute approximate surface area is 125 Å². The first-order chi connectivity index (χ1) is 9.85. The summed E-state index contributed by atoms with van der Waals surface area (Å²) in [4.78, 5) is 11.0. The standard InChI is InChI=1S/C16H24N2O3/c1-11(2)16(8-9-16)10-17-13-6-5-7-14(21-12(3)4)15(13)18(19)20/h5-7,11-12,17H,8-10H2,1-4H3. The Balaban J connectivity index is 2.20. The highest BCUT2D eigenvalue weighted by atomic mass is 16.6. The number of nitro benzene ring substituents is 1. The number of benzene rings is 1. The van der Waals surface area contributed by atoms with E-state index in [1.165, 1.54) is 12.8 Å². The van der Waals surface area contributed by atoms with Crippen LogP contribution in [-0.4, -0.2) is 17.6 Å². The van der Waals surface area contributed by atoms with E-state index in [0.29, 0.717) is 22.8 Å². The molecule has 0 amide bonds. The van der Waals surface area contributed by atoms with E-state index < -0.39 is 0 Å². The van der Waals surface area contributed by atoms with E-state index in [2.05, 4.69) is 19.2 Å². The molecular weight excluding hydrogens is 268 g/mol. The molecule has 0 atom stereocenters. The van der Waals surface area contributed by atoms with Gasteiger partial charge in [-0.25, -0.2) is 0 Å². The Kier molecular flexibility index (Phi) is 4.40. The largest absolute Gasteiger partial charge is 0.484 e. The maximum atomic E-state index is 11.4. The van der Waals surface area contributed by atoms with Crippen molar-refractivity contribution in [3.8, 4) is 5.75 Å². The van der Waals surface area contributed by atoms with Crippen molar-refractivity contribution in [1.29, 1.82) is 0 Å². The third kappa shape index (κ3) is 3.46. The molecule has 1 aromatic carbocycles. The van der Waals surface area contributed by atoms with Gasteiger partial charge in [-0.1, -0.05) is 19.9 Å². The fourth-order valence-corrected chi connectivity index (χ4v) is 2.59. The molecule has 1 aromatic rings. The average molecular weight is 292 g/mol. The number of nitro groups is 1. The molecular formula is C16H24N2O3. The van der Waals surface area contributed by atoms with Crippen LogP contribution in [0.25, 0.3) is 0 Å². The van der Waals surface area contributed by atoms with Crippen LogP contribution in [0.4, 0.5) is 11.4 Å². The van der Waals surface area contributed by atoms with Crippen LogP contribution >= 0.6 is 0 Å². The van der Waals surface area contributed by atoms with Crippen LogP contribution in [0.1, 0.15) is 40.5 Å². The lowest BCUT2D eigenvalue weighted by Crippen LogP contribution is -2.21. The van der Waals surface area contributed by atoms with Crippen molar-refractivity contribution >= 4 is 11.4 Å². The topological polar surface area (TPSA) is 64.4 Å². The van der Waals surface area contributed by atoms with Gasteiger partial charge in [-0.2, -0.15) is 0 Å². The first-order valence-corrected chi connectivity index (χ1v) is 7.53. The van der Waals surface area contributed by atoms with Crippen molar-refractivity contribution in [3.63, 3.8) is 0 Å². The summed E-state index contributed by atoms with van der Waals surface area (Å²) in [6.45, 7) is 8.92. The van der Waals surface area contributed by atoms with Gasteiger partial charge < -0.3 is 10.1 Å². The molecule has 21 heavy (non-hydrogen) atoms. The molecule has 0 aromatic heterocycles. The van der Waals surface area contributed by atoms with Crippen molar-refractivity contribution in [2.24, 2.45) is 11.3 Å². The lowest BCUT2D eigenvalue weighted by Gasteiger charge is -2.21. The number of hydrogen-bond donors (Lipinski definition) is 1. The number of hydrogen-bond acceptors (Lipinski definition) is 4. The van der Waals surface area contributed by atoms with E-state index in [-0.39, 0.29) is 16.7 Å². The first kappa shape index (κ1) is 15.6. The van der Waals surface area contributed by atoms with Gasteiger partial charge >= 0.3 is 5.69 Å². The van der Waals surface area contributed by atoms with Crippen LogP contribution in [0.15, 0.2) is 18.2 Å². The van der Waals surface area contributed by atoms with E-state index in [4.69, 9.17) is 4.74 Å². The zero-order valence-electron chi connectivity index (χ0n) is 13.2. The Morgan fingerprint density at radius 2 is 2.00 bits per heavy atom. The zero-order chi connectivity index (χ0) is 15.6. The Morgan fingerprint density at radius 3 is 2.48 bits per heavy atom. The maximum Gasteiger partial charge on any atom is 0.333 e. The summed E-state index contributed by atoms with van der Waals surface area (Å²) >= 11 is 0. The third-order valence-corrected chi connectivity index (χ3v) is 4.29. The van der Waals surface area contributed by atoms with Gasteiger partial charge in [-0.3, -0.25) is 10.1 Å². The quantitative estimate of drug-likeness (QED) is 0.603. The summed E-state index contributed by atoms with van der Waals surface area (Å²) in [7, 11) is 0.